The molecule has 2 aromatic carbocycles. The van der Waals surface area contributed by atoms with Gasteiger partial charge in [-0.15, -0.1) is 0 Å². The Morgan fingerprint density at radius 2 is 1.46 bits per heavy atom. The Morgan fingerprint density at radius 3 is 2.12 bits per heavy atom. The van der Waals surface area contributed by atoms with Crippen molar-refractivity contribution in [2.45, 2.75) is 31.8 Å². The predicted octanol–water partition coefficient (Wildman–Crippen LogP) is 3.54. The van der Waals surface area contributed by atoms with Crippen LogP contribution >= 0.6 is 0 Å². The maximum atomic E-state index is 5.51. The van der Waals surface area contributed by atoms with Crippen LogP contribution in [0.2, 0.25) is 0 Å². The highest BCUT2D eigenvalue weighted by molar-refractivity contribution is 5.50. The number of hydrogen-bond acceptors (Lipinski definition) is 5. The van der Waals surface area contributed by atoms with Crippen molar-refractivity contribution in [3.63, 3.8) is 0 Å². The third-order valence-corrected chi connectivity index (χ3v) is 4.92. The molecular formula is C21H27NO4. The van der Waals surface area contributed by atoms with E-state index in [2.05, 4.69) is 30.4 Å². The Labute approximate surface area is 155 Å². The zero-order valence-electron chi connectivity index (χ0n) is 16.1. The Kier molecular flexibility index (Phi) is 5.57. The lowest BCUT2D eigenvalue weighted by molar-refractivity contribution is 0.348. The fourth-order valence-electron chi connectivity index (χ4n) is 3.67. The lowest BCUT2D eigenvalue weighted by Crippen LogP contribution is -2.38. The largest absolute Gasteiger partial charge is 0.493 e. The molecule has 1 N–H and O–H groups in total. The number of fused-ring (bicyclic) bond motifs is 1. The van der Waals surface area contributed by atoms with Gasteiger partial charge in [0.1, 0.15) is 0 Å². The molecule has 3 rings (SSSR count). The van der Waals surface area contributed by atoms with Crippen LogP contribution in [0, 0.1) is 0 Å². The van der Waals surface area contributed by atoms with Gasteiger partial charge in [0.2, 0.25) is 0 Å². The van der Waals surface area contributed by atoms with Gasteiger partial charge in [-0.2, -0.15) is 0 Å². The molecular weight excluding hydrogens is 330 g/mol. The van der Waals surface area contributed by atoms with Gasteiger partial charge in [-0.05, 0) is 60.7 Å². The lowest BCUT2D eigenvalue weighted by Gasteiger charge is -2.32. The van der Waals surface area contributed by atoms with Gasteiger partial charge in [0, 0.05) is 12.1 Å². The summed E-state index contributed by atoms with van der Waals surface area (Å²) in [5, 5.41) is 3.71. The average Bonchev–Trinajstić information content (AvgIpc) is 2.66. The van der Waals surface area contributed by atoms with Crippen molar-refractivity contribution in [3.05, 3.63) is 47.0 Å². The first-order valence-corrected chi connectivity index (χ1v) is 8.81. The summed E-state index contributed by atoms with van der Waals surface area (Å²) >= 11 is 0. The molecule has 0 bridgehead atoms. The number of benzene rings is 2. The third kappa shape index (κ3) is 3.58. The molecule has 0 radical (unpaired) electrons. The fourth-order valence-corrected chi connectivity index (χ4v) is 3.67. The van der Waals surface area contributed by atoms with Crippen molar-refractivity contribution in [2.75, 3.05) is 28.4 Å². The molecule has 5 heteroatoms. The van der Waals surface area contributed by atoms with Crippen LogP contribution in [0.3, 0.4) is 0 Å². The Hall–Kier alpha value is -2.40. The Balaban J connectivity index is 1.94. The summed E-state index contributed by atoms with van der Waals surface area (Å²) < 4.78 is 21.8. The molecule has 1 heterocycles. The van der Waals surface area contributed by atoms with Crippen LogP contribution in [0.25, 0.3) is 0 Å². The van der Waals surface area contributed by atoms with Crippen LogP contribution in [-0.4, -0.2) is 34.5 Å². The number of ether oxygens (including phenoxy) is 4. The normalized spacial score (nSPS) is 18.8. The summed E-state index contributed by atoms with van der Waals surface area (Å²) in [4.78, 5) is 0. The highest BCUT2D eigenvalue weighted by Crippen LogP contribution is 2.38. The molecule has 1 aliphatic heterocycles. The topological polar surface area (TPSA) is 49.0 Å². The van der Waals surface area contributed by atoms with Crippen molar-refractivity contribution >= 4 is 0 Å². The molecule has 0 saturated heterocycles. The summed E-state index contributed by atoms with van der Waals surface area (Å²) in [6.45, 7) is 2.21. The molecule has 0 aliphatic carbocycles. The van der Waals surface area contributed by atoms with Gasteiger partial charge in [0.05, 0.1) is 28.4 Å². The molecule has 2 atom stereocenters. The monoisotopic (exact) mass is 357 g/mol. The van der Waals surface area contributed by atoms with Crippen molar-refractivity contribution < 1.29 is 18.9 Å². The lowest BCUT2D eigenvalue weighted by atomic mass is 9.87. The molecule has 0 spiro atoms. The second-order valence-electron chi connectivity index (χ2n) is 6.62. The van der Waals surface area contributed by atoms with Gasteiger partial charge in [0.25, 0.3) is 0 Å². The van der Waals surface area contributed by atoms with Crippen LogP contribution in [0.15, 0.2) is 30.3 Å². The molecule has 1 unspecified atom stereocenters. The smallest absolute Gasteiger partial charge is 0.161 e. The van der Waals surface area contributed by atoms with E-state index in [9.17, 15) is 0 Å². The van der Waals surface area contributed by atoms with Crippen molar-refractivity contribution in [1.82, 2.24) is 5.32 Å². The van der Waals surface area contributed by atoms with Crippen molar-refractivity contribution in [1.29, 1.82) is 0 Å². The Morgan fingerprint density at radius 1 is 0.846 bits per heavy atom. The minimum absolute atomic E-state index is 0.201. The third-order valence-electron chi connectivity index (χ3n) is 4.92. The quantitative estimate of drug-likeness (QED) is 0.857. The van der Waals surface area contributed by atoms with Gasteiger partial charge in [0.15, 0.2) is 23.0 Å². The molecule has 26 heavy (non-hydrogen) atoms. The fraction of sp³-hybridized carbons (Fsp3) is 0.429. The van der Waals surface area contributed by atoms with E-state index in [0.29, 0.717) is 6.04 Å². The second-order valence-corrected chi connectivity index (χ2v) is 6.62. The van der Waals surface area contributed by atoms with Gasteiger partial charge >= 0.3 is 0 Å². The van der Waals surface area contributed by atoms with E-state index in [1.807, 2.05) is 12.1 Å². The highest BCUT2D eigenvalue weighted by atomic mass is 16.5. The van der Waals surface area contributed by atoms with E-state index in [0.717, 1.165) is 35.8 Å². The summed E-state index contributed by atoms with van der Waals surface area (Å²) in [5.41, 5.74) is 3.75. The van der Waals surface area contributed by atoms with E-state index in [1.165, 1.54) is 16.7 Å². The van der Waals surface area contributed by atoms with Crippen LogP contribution < -0.4 is 24.3 Å². The number of nitrogens with one attached hydrogen (secondary N) is 1. The SMILES string of the molecule is COc1ccc(CC2N[C@H](C)Cc3cc(OC)c(OC)cc32)cc1OC. The molecule has 1 aliphatic rings. The molecule has 0 fully saturated rings. The molecule has 0 aromatic heterocycles. The van der Waals surface area contributed by atoms with Crippen molar-refractivity contribution in [3.8, 4) is 23.0 Å². The van der Waals surface area contributed by atoms with E-state index in [-0.39, 0.29) is 6.04 Å². The summed E-state index contributed by atoms with van der Waals surface area (Å²) in [5.74, 6) is 3.04. The van der Waals surface area contributed by atoms with E-state index < -0.39 is 0 Å². The van der Waals surface area contributed by atoms with Gasteiger partial charge in [-0.3, -0.25) is 0 Å². The average molecular weight is 357 g/mol. The van der Waals surface area contributed by atoms with Crippen molar-refractivity contribution in [2.24, 2.45) is 0 Å². The molecule has 0 saturated carbocycles. The minimum atomic E-state index is 0.201. The number of methoxy groups -OCH3 is 4. The molecule has 140 valence electrons. The van der Waals surface area contributed by atoms with Crippen LogP contribution in [0.1, 0.15) is 29.7 Å². The van der Waals surface area contributed by atoms with Gasteiger partial charge < -0.3 is 24.3 Å². The zero-order chi connectivity index (χ0) is 18.7. The molecule has 5 nitrogen and oxygen atoms in total. The second kappa shape index (κ2) is 7.87. The first kappa shape index (κ1) is 18.4. The number of hydrogen-bond donors (Lipinski definition) is 1. The van der Waals surface area contributed by atoms with Crippen LogP contribution in [0.4, 0.5) is 0 Å². The van der Waals surface area contributed by atoms with E-state index in [1.54, 1.807) is 28.4 Å². The highest BCUT2D eigenvalue weighted by Gasteiger charge is 2.26. The minimum Gasteiger partial charge on any atom is -0.493 e. The maximum Gasteiger partial charge on any atom is 0.161 e. The summed E-state index contributed by atoms with van der Waals surface area (Å²) in [6, 6.07) is 10.9. The van der Waals surface area contributed by atoms with Gasteiger partial charge in [-0.1, -0.05) is 6.07 Å². The first-order chi connectivity index (χ1) is 12.6. The van der Waals surface area contributed by atoms with E-state index in [4.69, 9.17) is 18.9 Å². The number of rotatable bonds is 6. The molecule has 2 aromatic rings. The Bertz CT molecular complexity index is 775. The van der Waals surface area contributed by atoms with Crippen LogP contribution in [-0.2, 0) is 12.8 Å². The van der Waals surface area contributed by atoms with Crippen LogP contribution in [0.5, 0.6) is 23.0 Å². The van der Waals surface area contributed by atoms with E-state index >= 15 is 0 Å². The maximum absolute atomic E-state index is 5.51. The zero-order valence-corrected chi connectivity index (χ0v) is 16.1. The first-order valence-electron chi connectivity index (χ1n) is 8.81. The molecule has 0 amide bonds. The predicted molar refractivity (Wildman–Crippen MR) is 102 cm³/mol. The standard InChI is InChI=1S/C21H27NO4/c1-13-8-15-11-20(25-4)21(26-5)12-16(15)17(22-13)9-14-6-7-18(23-2)19(10-14)24-3/h6-7,10-13,17,22H,8-9H2,1-5H3/t13-,17?/m1/s1. The summed E-state index contributed by atoms with van der Waals surface area (Å²) in [7, 11) is 6.66. The van der Waals surface area contributed by atoms with Gasteiger partial charge in [-0.25, -0.2) is 0 Å². The summed E-state index contributed by atoms with van der Waals surface area (Å²) in [6.07, 6.45) is 1.82.